The van der Waals surface area contributed by atoms with Gasteiger partial charge < -0.3 is 5.32 Å². The van der Waals surface area contributed by atoms with Crippen LogP contribution in [0.15, 0.2) is 42.7 Å². The molecule has 1 N–H and O–H groups in total. The van der Waals surface area contributed by atoms with Crippen LogP contribution in [0.4, 0.5) is 4.39 Å². The summed E-state index contributed by atoms with van der Waals surface area (Å²) in [5, 5.41) is 4.02. The van der Waals surface area contributed by atoms with Gasteiger partial charge in [-0.2, -0.15) is 0 Å². The monoisotopic (exact) mass is 292 g/mol. The Hall–Kier alpha value is -1.45. The van der Waals surface area contributed by atoms with Gasteiger partial charge in [-0.3, -0.25) is 4.98 Å². The Labute approximate surface area is 124 Å². The molecular weight excluding hydrogens is 275 g/mol. The molecule has 0 aliphatic heterocycles. The number of nitrogens with zero attached hydrogens (tertiary/aromatic N) is 1. The third-order valence-electron chi connectivity index (χ3n) is 3.16. The smallest absolute Gasteiger partial charge is 0.123 e. The lowest BCUT2D eigenvalue weighted by Gasteiger charge is -2.20. The van der Waals surface area contributed by atoms with Gasteiger partial charge in [-0.15, -0.1) is 0 Å². The highest BCUT2D eigenvalue weighted by atomic mass is 35.5. The van der Waals surface area contributed by atoms with Crippen molar-refractivity contribution in [3.05, 3.63) is 64.7 Å². The second-order valence-corrected chi connectivity index (χ2v) is 5.14. The molecule has 0 fully saturated rings. The van der Waals surface area contributed by atoms with E-state index >= 15 is 0 Å². The first kappa shape index (κ1) is 14.9. The van der Waals surface area contributed by atoms with Crippen molar-refractivity contribution in [1.82, 2.24) is 10.3 Å². The number of nitrogens with one attached hydrogen (secondary N) is 1. The molecule has 0 saturated carbocycles. The van der Waals surface area contributed by atoms with Crippen LogP contribution in [0.3, 0.4) is 0 Å². The van der Waals surface area contributed by atoms with Crippen LogP contribution in [-0.4, -0.2) is 11.5 Å². The molecule has 0 aliphatic rings. The van der Waals surface area contributed by atoms with Gasteiger partial charge in [0.05, 0.1) is 0 Å². The van der Waals surface area contributed by atoms with Gasteiger partial charge in [0.1, 0.15) is 5.82 Å². The number of hydrogen-bond acceptors (Lipinski definition) is 2. The fraction of sp³-hybridized carbons (Fsp3) is 0.312. The third-order valence-corrected chi connectivity index (χ3v) is 3.51. The van der Waals surface area contributed by atoms with E-state index in [-0.39, 0.29) is 11.9 Å². The van der Waals surface area contributed by atoms with Crippen molar-refractivity contribution < 1.29 is 4.39 Å². The summed E-state index contributed by atoms with van der Waals surface area (Å²) in [5.41, 5.74) is 1.95. The topological polar surface area (TPSA) is 24.9 Å². The molecule has 2 aromatic rings. The van der Waals surface area contributed by atoms with Crippen molar-refractivity contribution in [2.24, 2.45) is 0 Å². The van der Waals surface area contributed by atoms with Crippen molar-refractivity contribution in [2.45, 2.75) is 25.8 Å². The molecule has 4 heteroatoms. The number of hydrogen-bond donors (Lipinski definition) is 1. The molecule has 0 aliphatic carbocycles. The standard InChI is InChI=1S/C16H18ClFN2/c1-2-7-20-16(10-12-5-8-19-9-6-12)14-11-13(18)3-4-15(14)17/h3-6,8-9,11,16,20H,2,7,10H2,1H3. The summed E-state index contributed by atoms with van der Waals surface area (Å²) in [6, 6.07) is 8.44. The lowest BCUT2D eigenvalue weighted by molar-refractivity contribution is 0.524. The lowest BCUT2D eigenvalue weighted by atomic mass is 9.99. The minimum absolute atomic E-state index is 0.000509. The second-order valence-electron chi connectivity index (χ2n) is 4.73. The average molecular weight is 293 g/mol. The molecule has 0 spiro atoms. The minimum Gasteiger partial charge on any atom is -0.310 e. The van der Waals surface area contributed by atoms with E-state index in [9.17, 15) is 4.39 Å². The molecule has 1 unspecified atom stereocenters. The maximum absolute atomic E-state index is 13.5. The zero-order valence-corrected chi connectivity index (χ0v) is 12.2. The van der Waals surface area contributed by atoms with Crippen LogP contribution in [0.5, 0.6) is 0 Å². The van der Waals surface area contributed by atoms with Gasteiger partial charge in [0, 0.05) is 23.5 Å². The molecule has 0 radical (unpaired) electrons. The van der Waals surface area contributed by atoms with Crippen LogP contribution >= 0.6 is 11.6 Å². The van der Waals surface area contributed by atoms with Gasteiger partial charge in [-0.25, -0.2) is 4.39 Å². The molecule has 0 saturated heterocycles. The first-order valence-corrected chi connectivity index (χ1v) is 7.15. The summed E-state index contributed by atoms with van der Waals surface area (Å²) in [6.45, 7) is 2.96. The first-order chi connectivity index (χ1) is 9.70. The molecular formula is C16H18ClFN2. The van der Waals surface area contributed by atoms with E-state index < -0.39 is 0 Å². The maximum Gasteiger partial charge on any atom is 0.123 e. The third kappa shape index (κ3) is 4.02. The number of benzene rings is 1. The van der Waals surface area contributed by atoms with E-state index in [0.717, 1.165) is 30.5 Å². The highest BCUT2D eigenvalue weighted by molar-refractivity contribution is 6.31. The maximum atomic E-state index is 13.5. The lowest BCUT2D eigenvalue weighted by Crippen LogP contribution is -2.24. The van der Waals surface area contributed by atoms with Crippen LogP contribution in [0, 0.1) is 5.82 Å². The number of rotatable bonds is 6. The Morgan fingerprint density at radius 1 is 1.25 bits per heavy atom. The molecule has 0 amide bonds. The van der Waals surface area contributed by atoms with Crippen LogP contribution in [-0.2, 0) is 6.42 Å². The molecule has 20 heavy (non-hydrogen) atoms. The fourth-order valence-corrected chi connectivity index (χ4v) is 2.40. The quantitative estimate of drug-likeness (QED) is 0.865. The number of halogens is 2. The van der Waals surface area contributed by atoms with Crippen molar-refractivity contribution in [2.75, 3.05) is 6.54 Å². The van der Waals surface area contributed by atoms with Gasteiger partial charge in [0.25, 0.3) is 0 Å². The van der Waals surface area contributed by atoms with Crippen molar-refractivity contribution in [1.29, 1.82) is 0 Å². The van der Waals surface area contributed by atoms with E-state index in [1.807, 2.05) is 12.1 Å². The fourth-order valence-electron chi connectivity index (χ4n) is 2.15. The van der Waals surface area contributed by atoms with E-state index in [0.29, 0.717) is 5.02 Å². The van der Waals surface area contributed by atoms with E-state index in [2.05, 4.69) is 17.2 Å². The Kier molecular flexibility index (Phi) is 5.50. The van der Waals surface area contributed by atoms with Crippen LogP contribution < -0.4 is 5.32 Å². The predicted molar refractivity (Wildman–Crippen MR) is 80.4 cm³/mol. The summed E-state index contributed by atoms with van der Waals surface area (Å²) < 4.78 is 13.5. The summed E-state index contributed by atoms with van der Waals surface area (Å²) in [6.07, 6.45) is 5.30. The summed E-state index contributed by atoms with van der Waals surface area (Å²) in [5.74, 6) is -0.262. The molecule has 1 heterocycles. The predicted octanol–water partition coefficient (Wildman–Crippen LogP) is 4.16. The normalized spacial score (nSPS) is 12.3. The Balaban J connectivity index is 2.24. The molecule has 2 nitrogen and oxygen atoms in total. The molecule has 106 valence electrons. The van der Waals surface area contributed by atoms with Crippen LogP contribution in [0.1, 0.15) is 30.5 Å². The minimum atomic E-state index is -0.262. The Bertz CT molecular complexity index is 545. The highest BCUT2D eigenvalue weighted by Gasteiger charge is 2.15. The Morgan fingerprint density at radius 2 is 2.00 bits per heavy atom. The molecule has 1 aromatic heterocycles. The van der Waals surface area contributed by atoms with E-state index in [1.54, 1.807) is 18.5 Å². The zero-order chi connectivity index (χ0) is 14.4. The Morgan fingerprint density at radius 3 is 2.70 bits per heavy atom. The highest BCUT2D eigenvalue weighted by Crippen LogP contribution is 2.26. The zero-order valence-electron chi connectivity index (χ0n) is 11.4. The van der Waals surface area contributed by atoms with Crippen LogP contribution in [0.25, 0.3) is 0 Å². The average Bonchev–Trinajstić information content (AvgIpc) is 2.47. The van der Waals surface area contributed by atoms with Gasteiger partial charge in [-0.05, 0) is 60.8 Å². The second kappa shape index (κ2) is 7.36. The van der Waals surface area contributed by atoms with Crippen LogP contribution in [0.2, 0.25) is 5.02 Å². The molecule has 1 atom stereocenters. The van der Waals surface area contributed by atoms with Crippen molar-refractivity contribution in [3.8, 4) is 0 Å². The number of pyridine rings is 1. The van der Waals surface area contributed by atoms with Gasteiger partial charge in [0.15, 0.2) is 0 Å². The molecule has 0 bridgehead atoms. The summed E-state index contributed by atoms with van der Waals surface area (Å²) in [7, 11) is 0. The van der Waals surface area contributed by atoms with Gasteiger partial charge in [0.2, 0.25) is 0 Å². The van der Waals surface area contributed by atoms with Crippen molar-refractivity contribution >= 4 is 11.6 Å². The largest absolute Gasteiger partial charge is 0.310 e. The first-order valence-electron chi connectivity index (χ1n) is 6.78. The van der Waals surface area contributed by atoms with E-state index in [1.165, 1.54) is 12.1 Å². The van der Waals surface area contributed by atoms with Gasteiger partial charge in [-0.1, -0.05) is 18.5 Å². The van der Waals surface area contributed by atoms with E-state index in [4.69, 9.17) is 11.6 Å². The molecule has 1 aromatic carbocycles. The SMILES string of the molecule is CCCNC(Cc1ccncc1)c1cc(F)ccc1Cl. The molecule has 2 rings (SSSR count). The van der Waals surface area contributed by atoms with Crippen molar-refractivity contribution in [3.63, 3.8) is 0 Å². The van der Waals surface area contributed by atoms with Gasteiger partial charge >= 0.3 is 0 Å². The number of aromatic nitrogens is 1. The summed E-state index contributed by atoms with van der Waals surface area (Å²) >= 11 is 6.22. The summed E-state index contributed by atoms with van der Waals surface area (Å²) in [4.78, 5) is 4.01.